The van der Waals surface area contributed by atoms with Gasteiger partial charge >= 0.3 is 6.18 Å². The lowest BCUT2D eigenvalue weighted by Gasteiger charge is -2.28. The van der Waals surface area contributed by atoms with Gasteiger partial charge in [-0.1, -0.05) is 81.0 Å². The number of benzene rings is 3. The van der Waals surface area contributed by atoms with E-state index >= 15 is 4.79 Å². The van der Waals surface area contributed by atoms with E-state index in [0.29, 0.717) is 0 Å². The van der Waals surface area contributed by atoms with E-state index in [2.05, 4.69) is 4.98 Å². The SMILES string of the molecule is [2H]c1c([2H])c(CSc2nc(=O)c3c(n2C([2H])([2H])C(=O)N(C([2H])([2H])c2ccc(-c4ccc(C(F)(F)F)cc4)cc2)C([2H])([2H])C([2H])([2H])N(CC)CC)C([2H])([2H])C([2H])(C)C3([2H])[2H])c([2H])c([2H])c1F. The van der Waals surface area contributed by atoms with Crippen molar-refractivity contribution in [3.8, 4) is 11.1 Å². The first-order chi connectivity index (χ1) is 29.5. The highest BCUT2D eigenvalue weighted by atomic mass is 32.2. The third kappa shape index (κ3) is 8.73. The van der Waals surface area contributed by atoms with Gasteiger partial charge in [-0.05, 0) is 78.2 Å². The van der Waals surface area contributed by atoms with Crippen molar-refractivity contribution >= 4 is 17.7 Å². The lowest BCUT2D eigenvalue weighted by Crippen LogP contribution is -2.40. The van der Waals surface area contributed by atoms with E-state index in [0.717, 1.165) is 48.2 Å². The normalized spacial score (nSPS) is 24.4. The molecule has 1 aliphatic rings. The largest absolute Gasteiger partial charge is 0.416 e. The number of nitrogens with zero attached hydrogens (tertiary/aromatic N) is 4. The number of carbonyl (C=O) groups is 1. The Balaban J connectivity index is 1.80. The van der Waals surface area contributed by atoms with Crippen LogP contribution >= 0.6 is 11.8 Å². The van der Waals surface area contributed by atoms with Gasteiger partial charge in [-0.2, -0.15) is 18.2 Å². The topological polar surface area (TPSA) is 58.4 Å². The first-order valence-corrected chi connectivity index (χ1v) is 15.4. The fourth-order valence-corrected chi connectivity index (χ4v) is 5.19. The Morgan fingerprint density at radius 2 is 1.65 bits per heavy atom. The second-order valence-electron chi connectivity index (χ2n) is 10.1. The summed E-state index contributed by atoms with van der Waals surface area (Å²) in [5, 5.41) is -1.07. The van der Waals surface area contributed by atoms with E-state index in [1.807, 2.05) is 0 Å². The molecule has 0 aliphatic heterocycles. The molecule has 254 valence electrons. The predicted molar refractivity (Wildman–Crippen MR) is 181 cm³/mol. The zero-order chi connectivity index (χ0) is 49.6. The van der Waals surface area contributed by atoms with Crippen LogP contribution in [0.1, 0.15) is 72.0 Å². The number of hydrogen-bond donors (Lipinski definition) is 0. The van der Waals surface area contributed by atoms with Gasteiger partial charge in [0.25, 0.3) is 5.56 Å². The number of halogens is 4. The summed E-state index contributed by atoms with van der Waals surface area (Å²) >= 11 is 0.149. The Labute approximate surface area is 306 Å². The van der Waals surface area contributed by atoms with E-state index in [-0.39, 0.29) is 40.5 Å². The Bertz CT molecular complexity index is 2540. The molecule has 0 spiro atoms. The third-order valence-electron chi connectivity index (χ3n) is 6.84. The van der Waals surface area contributed by atoms with Crippen LogP contribution in [0.5, 0.6) is 0 Å². The van der Waals surface area contributed by atoms with Crippen molar-refractivity contribution in [2.75, 3.05) is 26.1 Å². The summed E-state index contributed by atoms with van der Waals surface area (Å²) in [5.41, 5.74) is -5.94. The fourth-order valence-electron chi connectivity index (χ4n) is 4.36. The van der Waals surface area contributed by atoms with Gasteiger partial charge in [0.15, 0.2) is 5.16 Å². The highest BCUT2D eigenvalue weighted by Gasteiger charge is 2.30. The quantitative estimate of drug-likeness (QED) is 0.0825. The first-order valence-electron chi connectivity index (χ1n) is 23.0. The van der Waals surface area contributed by atoms with Crippen LogP contribution in [-0.4, -0.2) is 51.3 Å². The van der Waals surface area contributed by atoms with Gasteiger partial charge in [-0.15, -0.1) is 0 Å². The van der Waals surface area contributed by atoms with Crippen molar-refractivity contribution in [2.45, 2.75) is 63.6 Å². The average Bonchev–Trinajstić information content (AvgIpc) is 3.32. The smallest absolute Gasteiger partial charge is 0.336 e. The van der Waals surface area contributed by atoms with Gasteiger partial charge in [0.05, 0.1) is 19.3 Å². The molecule has 0 N–H and O–H groups in total. The molecular weight excluding hydrogens is 640 g/mol. The van der Waals surface area contributed by atoms with Crippen molar-refractivity contribution < 1.29 is 45.7 Å². The number of thioether (sulfide) groups is 1. The third-order valence-corrected chi connectivity index (χ3v) is 7.80. The van der Waals surface area contributed by atoms with E-state index < -0.39 is 136 Å². The van der Waals surface area contributed by atoms with Crippen molar-refractivity contribution in [2.24, 2.45) is 5.89 Å². The molecule has 0 saturated carbocycles. The number of likely N-dealkylation sites (N-methyl/N-ethyl adjacent to an activating group) is 1. The minimum Gasteiger partial charge on any atom is -0.336 e. The number of aromatic nitrogens is 2. The molecule has 3 aromatic carbocycles. The van der Waals surface area contributed by atoms with Crippen molar-refractivity contribution in [3.05, 3.63) is 117 Å². The van der Waals surface area contributed by atoms with Crippen LogP contribution in [0.3, 0.4) is 0 Å². The first kappa shape index (κ1) is 19.3. The number of alkyl halides is 3. The van der Waals surface area contributed by atoms with Crippen LogP contribution in [0.4, 0.5) is 17.6 Å². The molecule has 48 heavy (non-hydrogen) atoms. The monoisotopic (exact) mass is 697 g/mol. The van der Waals surface area contributed by atoms with E-state index in [4.69, 9.17) is 15.1 Å². The summed E-state index contributed by atoms with van der Waals surface area (Å²) in [6.07, 6.45) is -11.4. The number of fused-ring (bicyclic) bond motifs is 1. The molecule has 6 nitrogen and oxygen atoms in total. The molecule has 1 unspecified atom stereocenters. The zero-order valence-corrected chi connectivity index (χ0v) is 26.6. The molecule has 1 aromatic heterocycles. The van der Waals surface area contributed by atoms with Crippen molar-refractivity contribution in [1.29, 1.82) is 0 Å². The predicted octanol–water partition coefficient (Wildman–Crippen LogP) is 7.47. The van der Waals surface area contributed by atoms with Crippen LogP contribution < -0.4 is 5.56 Å². The maximum Gasteiger partial charge on any atom is 0.416 e. The molecule has 11 heteroatoms. The molecule has 4 aromatic rings. The summed E-state index contributed by atoms with van der Waals surface area (Å²) in [5.74, 6) is -7.70. The summed E-state index contributed by atoms with van der Waals surface area (Å²) in [6, 6.07) is 4.00. The summed E-state index contributed by atoms with van der Waals surface area (Å²) in [6.45, 7) is -12.0. The van der Waals surface area contributed by atoms with Gasteiger partial charge in [0, 0.05) is 46.1 Å². The summed E-state index contributed by atoms with van der Waals surface area (Å²) < 4.78 is 204. The van der Waals surface area contributed by atoms with Gasteiger partial charge < -0.3 is 14.4 Å². The molecule has 1 amide bonds. The number of hydrogen-bond acceptors (Lipinski definition) is 5. The molecule has 0 fully saturated rings. The molecule has 1 atom stereocenters. The maximum atomic E-state index is 15.2. The lowest BCUT2D eigenvalue weighted by molar-refractivity contribution is -0.137. The highest BCUT2D eigenvalue weighted by molar-refractivity contribution is 7.98. The lowest BCUT2D eigenvalue weighted by atomic mass is 10.0. The van der Waals surface area contributed by atoms with Crippen molar-refractivity contribution in [3.63, 3.8) is 0 Å². The highest BCUT2D eigenvalue weighted by Crippen LogP contribution is 2.32. The molecule has 0 saturated heterocycles. The molecule has 0 radical (unpaired) electrons. The van der Waals surface area contributed by atoms with Gasteiger partial charge in [0.1, 0.15) is 12.3 Å². The second kappa shape index (κ2) is 15.5. The molecular formula is C37H40F4N4O2S. The van der Waals surface area contributed by atoms with Crippen LogP contribution in [0.2, 0.25) is 0 Å². The van der Waals surface area contributed by atoms with E-state index in [1.165, 1.54) is 26.0 Å². The molecule has 5 rings (SSSR count). The average molecular weight is 698 g/mol. The Morgan fingerprint density at radius 1 is 1.02 bits per heavy atom. The number of rotatable bonds is 13. The summed E-state index contributed by atoms with van der Waals surface area (Å²) in [4.78, 5) is 33.0. The van der Waals surface area contributed by atoms with Gasteiger partial charge in [0.2, 0.25) is 5.91 Å². The minimum absolute atomic E-state index is 0.00578. The minimum atomic E-state index is -4.66. The zero-order valence-electron chi connectivity index (χ0n) is 42.8. The maximum absolute atomic E-state index is 15.2. The molecule has 1 aliphatic carbocycles. The molecule has 1 heterocycles. The van der Waals surface area contributed by atoms with Crippen LogP contribution in [0.25, 0.3) is 11.1 Å². The van der Waals surface area contributed by atoms with E-state index in [9.17, 15) is 30.6 Å². The Morgan fingerprint density at radius 3 is 2.25 bits per heavy atom. The van der Waals surface area contributed by atoms with Crippen LogP contribution in [-0.2, 0) is 42.5 Å². The van der Waals surface area contributed by atoms with E-state index in [1.54, 1.807) is 0 Å². The standard InChI is InChI=1S/C37H40F4N4O2S/c1-4-43(5-2)18-19-44(22-26-6-10-28(11-7-26)29-12-14-30(15-13-29)37(39,40)41)34(46)23-45-33-21-25(3)20-32(33)35(47)42-36(45)48-24-27-8-16-31(38)17-9-27/h6-17,25H,4-5,18-24H2,1-3H3/i8D,9D,16D,17D,18D2,19D2,20D2,21D2,22D2,23D2,25D. The van der Waals surface area contributed by atoms with Gasteiger partial charge in [-0.25, -0.2) is 4.39 Å². The fraction of sp³-hybridized carbons (Fsp3) is 0.378. The van der Waals surface area contributed by atoms with Crippen LogP contribution in [0, 0.1) is 11.7 Å². The Hall–Kier alpha value is -3.96. The second-order valence-corrected chi connectivity index (χ2v) is 11.1. The van der Waals surface area contributed by atoms with Gasteiger partial charge in [-0.3, -0.25) is 9.59 Å². The number of amides is 1. The number of carbonyl (C=O) groups excluding carboxylic acids is 1. The van der Waals surface area contributed by atoms with Crippen LogP contribution in [0.15, 0.2) is 82.7 Å². The summed E-state index contributed by atoms with van der Waals surface area (Å²) in [7, 11) is 0. The molecule has 0 bridgehead atoms. The Kier molecular flexibility index (Phi) is 6.23. The van der Waals surface area contributed by atoms with Crippen molar-refractivity contribution in [1.82, 2.24) is 19.4 Å².